The summed E-state index contributed by atoms with van der Waals surface area (Å²) in [7, 11) is 4.15. The van der Waals surface area contributed by atoms with Crippen LogP contribution >= 0.6 is 12.1 Å². The molecule has 1 atom stereocenters. The summed E-state index contributed by atoms with van der Waals surface area (Å²) >= 11 is 1.71. The summed E-state index contributed by atoms with van der Waals surface area (Å²) in [6.07, 6.45) is 9.41. The SMILES string of the molecule is CC(C)N(C(=O)c1cc(F)ccc1Oc1cncnc1N1CCC(CN2CC3(CCC(NSN(C)C)CC3)C2)C1)C(C)C. The van der Waals surface area contributed by atoms with E-state index >= 15 is 0 Å². The van der Waals surface area contributed by atoms with Gasteiger partial charge in [0.1, 0.15) is 17.9 Å². The molecule has 2 saturated heterocycles. The van der Waals surface area contributed by atoms with Gasteiger partial charge in [0.15, 0.2) is 11.6 Å². The van der Waals surface area contributed by atoms with Crippen molar-refractivity contribution < 1.29 is 13.9 Å². The Morgan fingerprint density at radius 3 is 2.53 bits per heavy atom. The molecule has 1 saturated carbocycles. The first-order valence-electron chi connectivity index (χ1n) is 15.7. The Bertz CT molecular complexity index is 1240. The van der Waals surface area contributed by atoms with E-state index in [4.69, 9.17) is 4.74 Å². The Morgan fingerprint density at radius 1 is 1.14 bits per heavy atom. The van der Waals surface area contributed by atoms with Gasteiger partial charge < -0.3 is 19.4 Å². The number of halogens is 1. The minimum atomic E-state index is -0.476. The zero-order valence-electron chi connectivity index (χ0n) is 26.6. The van der Waals surface area contributed by atoms with Crippen molar-refractivity contribution in [3.05, 3.63) is 42.1 Å². The van der Waals surface area contributed by atoms with Crippen LogP contribution in [0.1, 0.15) is 70.2 Å². The van der Waals surface area contributed by atoms with Crippen LogP contribution in [0.3, 0.4) is 0 Å². The number of rotatable bonds is 11. The van der Waals surface area contributed by atoms with E-state index in [2.05, 4.69) is 42.9 Å². The summed E-state index contributed by atoms with van der Waals surface area (Å²) in [5, 5.41) is 0. The van der Waals surface area contributed by atoms with Gasteiger partial charge in [0, 0.05) is 63.0 Å². The van der Waals surface area contributed by atoms with Crippen molar-refractivity contribution >= 4 is 23.9 Å². The molecule has 236 valence electrons. The van der Waals surface area contributed by atoms with Gasteiger partial charge in [-0.25, -0.2) is 23.4 Å². The zero-order valence-corrected chi connectivity index (χ0v) is 27.4. The van der Waals surface area contributed by atoms with Gasteiger partial charge in [-0.2, -0.15) is 0 Å². The van der Waals surface area contributed by atoms with Crippen LogP contribution < -0.4 is 14.4 Å². The Balaban J connectivity index is 1.19. The Morgan fingerprint density at radius 2 is 1.86 bits per heavy atom. The maximum absolute atomic E-state index is 14.3. The van der Waals surface area contributed by atoms with Crippen LogP contribution in [0, 0.1) is 17.2 Å². The first-order chi connectivity index (χ1) is 20.5. The zero-order chi connectivity index (χ0) is 30.7. The van der Waals surface area contributed by atoms with Crippen molar-refractivity contribution in [3.8, 4) is 11.5 Å². The lowest BCUT2D eigenvalue weighted by Crippen LogP contribution is -2.59. The van der Waals surface area contributed by atoms with Gasteiger partial charge in [0.2, 0.25) is 0 Å². The Kier molecular flexibility index (Phi) is 10.2. The molecule has 1 aromatic heterocycles. The highest BCUT2D eigenvalue weighted by molar-refractivity contribution is 7.95. The number of nitrogens with zero attached hydrogens (tertiary/aromatic N) is 6. The first kappa shape index (κ1) is 31.9. The van der Waals surface area contributed by atoms with E-state index in [1.54, 1.807) is 23.2 Å². The molecule has 1 amide bonds. The number of nitrogens with one attached hydrogen (secondary N) is 1. The molecule has 43 heavy (non-hydrogen) atoms. The molecule has 1 unspecified atom stereocenters. The van der Waals surface area contributed by atoms with Crippen molar-refractivity contribution in [2.24, 2.45) is 11.3 Å². The number of carbonyl (C=O) groups is 1. The van der Waals surface area contributed by atoms with Gasteiger partial charge in [-0.1, -0.05) is 0 Å². The molecule has 2 aliphatic heterocycles. The molecule has 11 heteroatoms. The number of hydrogen-bond donors (Lipinski definition) is 1. The molecule has 3 aliphatic rings. The molecular weight excluding hydrogens is 565 g/mol. The number of ether oxygens (including phenoxy) is 1. The maximum Gasteiger partial charge on any atom is 0.258 e. The predicted octanol–water partition coefficient (Wildman–Crippen LogP) is 5.45. The van der Waals surface area contributed by atoms with E-state index in [-0.39, 0.29) is 23.6 Å². The van der Waals surface area contributed by atoms with Gasteiger partial charge in [-0.3, -0.25) is 4.79 Å². The van der Waals surface area contributed by atoms with Crippen molar-refractivity contribution in [1.29, 1.82) is 0 Å². The van der Waals surface area contributed by atoms with Crippen LogP contribution in [0.5, 0.6) is 11.5 Å². The molecule has 3 fully saturated rings. The summed E-state index contributed by atoms with van der Waals surface area (Å²) in [4.78, 5) is 29.0. The lowest BCUT2D eigenvalue weighted by molar-refractivity contribution is -0.0385. The normalized spacial score (nSPS) is 20.8. The second kappa shape index (κ2) is 13.7. The minimum absolute atomic E-state index is 0.0405. The van der Waals surface area contributed by atoms with Gasteiger partial charge in [0.25, 0.3) is 5.91 Å². The predicted molar refractivity (Wildman–Crippen MR) is 171 cm³/mol. The highest BCUT2D eigenvalue weighted by Crippen LogP contribution is 2.45. The van der Waals surface area contributed by atoms with Crippen molar-refractivity contribution in [2.45, 2.75) is 77.9 Å². The van der Waals surface area contributed by atoms with Gasteiger partial charge >= 0.3 is 0 Å². The molecule has 0 bridgehead atoms. The van der Waals surface area contributed by atoms with E-state index < -0.39 is 5.82 Å². The summed E-state index contributed by atoms with van der Waals surface area (Å²) < 4.78 is 26.4. The monoisotopic (exact) mass is 613 g/mol. The number of amides is 1. The fourth-order valence-corrected chi connectivity index (χ4v) is 7.71. The molecule has 1 N–H and O–H groups in total. The number of anilines is 1. The van der Waals surface area contributed by atoms with Gasteiger partial charge in [-0.15, -0.1) is 0 Å². The van der Waals surface area contributed by atoms with Crippen LogP contribution in [0.25, 0.3) is 0 Å². The lowest BCUT2D eigenvalue weighted by atomic mass is 9.67. The molecule has 2 aromatic rings. The second-order valence-electron chi connectivity index (χ2n) is 13.4. The van der Waals surface area contributed by atoms with Crippen molar-refractivity contribution in [2.75, 3.05) is 51.7 Å². The van der Waals surface area contributed by atoms with Crippen molar-refractivity contribution in [3.63, 3.8) is 0 Å². The fraction of sp³-hybridized carbons (Fsp3) is 0.656. The molecule has 1 spiro atoms. The molecule has 1 aromatic carbocycles. The van der Waals surface area contributed by atoms with Crippen molar-refractivity contribution in [1.82, 2.24) is 28.8 Å². The molecule has 3 heterocycles. The molecular formula is C32H48FN7O2S. The smallest absolute Gasteiger partial charge is 0.258 e. The molecule has 9 nitrogen and oxygen atoms in total. The van der Waals surface area contributed by atoms with E-state index in [1.165, 1.54) is 63.3 Å². The first-order valence-corrected chi connectivity index (χ1v) is 16.5. The largest absolute Gasteiger partial charge is 0.451 e. The van der Waals surface area contributed by atoms with E-state index in [0.717, 1.165) is 26.1 Å². The van der Waals surface area contributed by atoms with E-state index in [9.17, 15) is 9.18 Å². The highest BCUT2D eigenvalue weighted by Gasteiger charge is 2.45. The third kappa shape index (κ3) is 7.61. The Labute approximate surface area is 260 Å². The van der Waals surface area contributed by atoms with E-state index in [1.807, 2.05) is 27.7 Å². The maximum atomic E-state index is 14.3. The van der Waals surface area contributed by atoms with Crippen LogP contribution in [-0.2, 0) is 0 Å². The lowest BCUT2D eigenvalue weighted by Gasteiger charge is -2.54. The summed E-state index contributed by atoms with van der Waals surface area (Å²) in [5.74, 6) is 1.32. The number of likely N-dealkylation sites (tertiary alicyclic amines) is 1. The second-order valence-corrected chi connectivity index (χ2v) is 14.6. The van der Waals surface area contributed by atoms with Crippen LogP contribution in [0.4, 0.5) is 10.2 Å². The number of hydrogen-bond acceptors (Lipinski definition) is 9. The third-order valence-corrected chi connectivity index (χ3v) is 9.87. The topological polar surface area (TPSA) is 77.1 Å². The number of benzene rings is 1. The molecule has 5 rings (SSSR count). The van der Waals surface area contributed by atoms with Gasteiger partial charge in [0.05, 0.1) is 11.8 Å². The van der Waals surface area contributed by atoms with Crippen LogP contribution in [0.2, 0.25) is 0 Å². The van der Waals surface area contributed by atoms with Gasteiger partial charge in [-0.05, 0) is 103 Å². The summed E-state index contributed by atoms with van der Waals surface area (Å²) in [6, 6.07) is 4.64. The fourth-order valence-electron chi connectivity index (χ4n) is 7.12. The quantitative estimate of drug-likeness (QED) is 0.333. The minimum Gasteiger partial charge on any atom is -0.451 e. The third-order valence-electron chi connectivity index (χ3n) is 9.07. The Hall–Kier alpha value is -2.47. The average molecular weight is 614 g/mol. The molecule has 0 radical (unpaired) electrons. The summed E-state index contributed by atoms with van der Waals surface area (Å²) in [5.41, 5.74) is 0.710. The average Bonchev–Trinajstić information content (AvgIpc) is 3.41. The number of carbonyl (C=O) groups excluding carboxylic acids is 1. The summed E-state index contributed by atoms with van der Waals surface area (Å²) in [6.45, 7) is 13.1. The number of aromatic nitrogens is 2. The molecule has 1 aliphatic carbocycles. The van der Waals surface area contributed by atoms with Crippen LogP contribution in [0.15, 0.2) is 30.7 Å². The standard InChI is InChI=1S/C32H48FN7O2S/c1-22(2)40(23(3)4)31(41)27-15-25(33)7-8-28(27)42-29-16-34-21-35-30(29)39-14-11-24(18-39)17-38-19-32(20-38)12-9-26(10-13-32)36-43-37(5)6/h7-8,15-16,21-24,26,36H,9-14,17-20H2,1-6H3. The van der Waals surface area contributed by atoms with Crippen LogP contribution in [-0.4, -0.2) is 94.9 Å². The highest BCUT2D eigenvalue weighted by atomic mass is 32.2. The van der Waals surface area contributed by atoms with E-state index in [0.29, 0.717) is 34.7 Å².